The van der Waals surface area contributed by atoms with Crippen LogP contribution in [0.4, 0.5) is 0 Å². The van der Waals surface area contributed by atoms with E-state index in [9.17, 15) is 4.79 Å². The van der Waals surface area contributed by atoms with E-state index >= 15 is 0 Å². The second kappa shape index (κ2) is 8.48. The number of rotatable bonds is 8. The summed E-state index contributed by atoms with van der Waals surface area (Å²) in [7, 11) is 1.98. The van der Waals surface area contributed by atoms with Crippen LogP contribution in [-0.4, -0.2) is 49.6 Å². The fourth-order valence-electron chi connectivity index (χ4n) is 2.71. The molecule has 2 N–H and O–H groups in total. The van der Waals surface area contributed by atoms with Crippen LogP contribution >= 0.6 is 0 Å². The largest absolute Gasteiger partial charge is 0.355 e. The van der Waals surface area contributed by atoms with Gasteiger partial charge in [0.1, 0.15) is 0 Å². The van der Waals surface area contributed by atoms with Gasteiger partial charge in [-0.05, 0) is 39.8 Å². The van der Waals surface area contributed by atoms with E-state index in [4.69, 9.17) is 0 Å². The Morgan fingerprint density at radius 2 is 2.22 bits per heavy atom. The zero-order valence-corrected chi connectivity index (χ0v) is 12.2. The van der Waals surface area contributed by atoms with Gasteiger partial charge in [0.25, 0.3) is 0 Å². The summed E-state index contributed by atoms with van der Waals surface area (Å²) in [5.41, 5.74) is 0. The smallest absolute Gasteiger partial charge is 0.237 e. The van der Waals surface area contributed by atoms with Crippen LogP contribution < -0.4 is 10.6 Å². The Labute approximate surface area is 111 Å². The molecule has 1 heterocycles. The maximum absolute atomic E-state index is 12.1. The molecule has 2 unspecified atom stereocenters. The first-order chi connectivity index (χ1) is 8.70. The van der Waals surface area contributed by atoms with Crippen molar-refractivity contribution in [3.05, 3.63) is 0 Å². The van der Waals surface area contributed by atoms with Gasteiger partial charge >= 0.3 is 0 Å². The lowest BCUT2D eigenvalue weighted by molar-refractivity contribution is -0.126. The Balaban J connectivity index is 2.32. The quantitative estimate of drug-likeness (QED) is 0.644. The number of carbonyl (C=O) groups excluding carboxylic acids is 1. The van der Waals surface area contributed by atoms with Crippen molar-refractivity contribution in [3.8, 4) is 0 Å². The van der Waals surface area contributed by atoms with Gasteiger partial charge in [-0.25, -0.2) is 0 Å². The molecule has 0 aromatic rings. The van der Waals surface area contributed by atoms with E-state index in [-0.39, 0.29) is 11.9 Å². The first-order valence-electron chi connectivity index (χ1n) is 7.38. The van der Waals surface area contributed by atoms with Gasteiger partial charge in [-0.3, -0.25) is 9.69 Å². The number of carbonyl (C=O) groups is 1. The molecule has 2 atom stereocenters. The van der Waals surface area contributed by atoms with Crippen molar-refractivity contribution in [1.82, 2.24) is 15.5 Å². The van der Waals surface area contributed by atoms with E-state index < -0.39 is 0 Å². The summed E-state index contributed by atoms with van der Waals surface area (Å²) in [5, 5.41) is 6.28. The lowest BCUT2D eigenvalue weighted by atomic mass is 10.2. The van der Waals surface area contributed by atoms with Gasteiger partial charge in [0, 0.05) is 19.1 Å². The molecular formula is C14H29N3O. The molecule has 0 aromatic heterocycles. The molecule has 0 bridgehead atoms. The number of unbranched alkanes of at least 4 members (excludes halogenated alkanes) is 2. The van der Waals surface area contributed by atoms with E-state index in [1.165, 1.54) is 25.7 Å². The van der Waals surface area contributed by atoms with Gasteiger partial charge in [0.15, 0.2) is 0 Å². The number of hydrogen-bond acceptors (Lipinski definition) is 3. The average Bonchev–Trinajstić information content (AvgIpc) is 2.82. The van der Waals surface area contributed by atoms with Crippen molar-refractivity contribution in [2.24, 2.45) is 0 Å². The molecule has 4 heteroatoms. The number of hydrogen-bond donors (Lipinski definition) is 2. The van der Waals surface area contributed by atoms with E-state index in [2.05, 4.69) is 22.5 Å². The minimum absolute atomic E-state index is 0.00692. The van der Waals surface area contributed by atoms with Gasteiger partial charge < -0.3 is 10.6 Å². The molecule has 1 fully saturated rings. The molecule has 4 nitrogen and oxygen atoms in total. The van der Waals surface area contributed by atoms with Crippen molar-refractivity contribution in [1.29, 1.82) is 0 Å². The number of amides is 1. The van der Waals surface area contributed by atoms with Gasteiger partial charge in [-0.1, -0.05) is 19.8 Å². The third-order valence-corrected chi connectivity index (χ3v) is 3.82. The summed E-state index contributed by atoms with van der Waals surface area (Å²) < 4.78 is 0. The number of nitrogens with one attached hydrogen (secondary N) is 2. The third kappa shape index (κ3) is 4.58. The highest BCUT2D eigenvalue weighted by molar-refractivity contribution is 5.81. The van der Waals surface area contributed by atoms with Crippen LogP contribution in [0.2, 0.25) is 0 Å². The van der Waals surface area contributed by atoms with Crippen LogP contribution in [0.15, 0.2) is 0 Å². The van der Waals surface area contributed by atoms with Crippen molar-refractivity contribution >= 4 is 5.91 Å². The highest BCUT2D eigenvalue weighted by Gasteiger charge is 2.31. The molecule has 1 saturated heterocycles. The Morgan fingerprint density at radius 1 is 1.44 bits per heavy atom. The summed E-state index contributed by atoms with van der Waals surface area (Å²) >= 11 is 0. The molecule has 0 aromatic carbocycles. The van der Waals surface area contributed by atoms with Crippen LogP contribution in [0, 0.1) is 0 Å². The van der Waals surface area contributed by atoms with E-state index in [0.717, 1.165) is 26.1 Å². The van der Waals surface area contributed by atoms with Crippen molar-refractivity contribution < 1.29 is 4.79 Å². The first kappa shape index (κ1) is 15.4. The Kier molecular flexibility index (Phi) is 7.28. The third-order valence-electron chi connectivity index (χ3n) is 3.82. The zero-order valence-electron chi connectivity index (χ0n) is 12.2. The molecule has 0 aliphatic carbocycles. The normalized spacial score (nSPS) is 22.1. The highest BCUT2D eigenvalue weighted by Crippen LogP contribution is 2.19. The van der Waals surface area contributed by atoms with Crippen LogP contribution in [0.25, 0.3) is 0 Å². The maximum atomic E-state index is 12.1. The van der Waals surface area contributed by atoms with Gasteiger partial charge in [-0.2, -0.15) is 0 Å². The SMILES string of the molecule is CCCCCNC(=O)C(C)N1CCCC1CNC. The second-order valence-corrected chi connectivity index (χ2v) is 5.27. The minimum atomic E-state index is 0.00692. The fraction of sp³-hybridized carbons (Fsp3) is 0.929. The van der Waals surface area contributed by atoms with E-state index in [0.29, 0.717) is 6.04 Å². The second-order valence-electron chi connectivity index (χ2n) is 5.27. The van der Waals surface area contributed by atoms with E-state index in [1.54, 1.807) is 0 Å². The molecule has 1 aliphatic rings. The predicted molar refractivity (Wildman–Crippen MR) is 75.7 cm³/mol. The molecule has 18 heavy (non-hydrogen) atoms. The molecule has 0 spiro atoms. The topological polar surface area (TPSA) is 44.4 Å². The molecular weight excluding hydrogens is 226 g/mol. The zero-order chi connectivity index (χ0) is 13.4. The van der Waals surface area contributed by atoms with Crippen LogP contribution in [0.1, 0.15) is 46.0 Å². The summed E-state index contributed by atoms with van der Waals surface area (Å²) in [6, 6.07) is 0.527. The Bertz CT molecular complexity index is 245. The van der Waals surface area contributed by atoms with Gasteiger partial charge in [-0.15, -0.1) is 0 Å². The fourth-order valence-corrected chi connectivity index (χ4v) is 2.71. The van der Waals surface area contributed by atoms with Crippen LogP contribution in [0.5, 0.6) is 0 Å². The summed E-state index contributed by atoms with van der Waals surface area (Å²) in [6.07, 6.45) is 5.89. The molecule has 0 radical (unpaired) electrons. The minimum Gasteiger partial charge on any atom is -0.355 e. The van der Waals surface area contributed by atoms with E-state index in [1.807, 2.05) is 14.0 Å². The Hall–Kier alpha value is -0.610. The summed E-state index contributed by atoms with van der Waals surface area (Å²) in [6.45, 7) is 7.06. The molecule has 1 rings (SSSR count). The molecule has 1 aliphatic heterocycles. The number of likely N-dealkylation sites (N-methyl/N-ethyl adjacent to an activating group) is 1. The van der Waals surface area contributed by atoms with Crippen molar-refractivity contribution in [3.63, 3.8) is 0 Å². The number of nitrogens with zero attached hydrogens (tertiary/aromatic N) is 1. The first-order valence-corrected chi connectivity index (χ1v) is 7.38. The summed E-state index contributed by atoms with van der Waals surface area (Å²) in [5.74, 6) is 0.189. The van der Waals surface area contributed by atoms with Crippen molar-refractivity contribution in [2.75, 3.05) is 26.7 Å². The van der Waals surface area contributed by atoms with Crippen LogP contribution in [-0.2, 0) is 4.79 Å². The average molecular weight is 255 g/mol. The van der Waals surface area contributed by atoms with Gasteiger partial charge in [0.2, 0.25) is 5.91 Å². The van der Waals surface area contributed by atoms with Crippen LogP contribution in [0.3, 0.4) is 0 Å². The van der Waals surface area contributed by atoms with Crippen molar-refractivity contribution in [2.45, 2.75) is 58.0 Å². The predicted octanol–water partition coefficient (Wildman–Crippen LogP) is 1.37. The molecule has 0 saturated carbocycles. The maximum Gasteiger partial charge on any atom is 0.237 e. The molecule has 1 amide bonds. The van der Waals surface area contributed by atoms with Gasteiger partial charge in [0.05, 0.1) is 6.04 Å². The monoisotopic (exact) mass is 255 g/mol. The number of likely N-dealkylation sites (tertiary alicyclic amines) is 1. The molecule has 106 valence electrons. The lowest BCUT2D eigenvalue weighted by Crippen LogP contribution is -2.49. The summed E-state index contributed by atoms with van der Waals surface area (Å²) in [4.78, 5) is 14.4. The Morgan fingerprint density at radius 3 is 2.89 bits per heavy atom. The highest BCUT2D eigenvalue weighted by atomic mass is 16.2. The standard InChI is InChI=1S/C14H29N3O/c1-4-5-6-9-16-14(18)12(2)17-10-7-8-13(17)11-15-3/h12-13,15H,4-11H2,1-3H3,(H,16,18). The lowest BCUT2D eigenvalue weighted by Gasteiger charge is -2.29.